The summed E-state index contributed by atoms with van der Waals surface area (Å²) in [6, 6.07) is 10.9. The van der Waals surface area contributed by atoms with Gasteiger partial charge in [-0.05, 0) is 43.9 Å². The van der Waals surface area contributed by atoms with Crippen molar-refractivity contribution in [3.05, 3.63) is 59.5 Å². The van der Waals surface area contributed by atoms with Crippen LogP contribution in [0.3, 0.4) is 0 Å². The van der Waals surface area contributed by atoms with Crippen molar-refractivity contribution in [1.82, 2.24) is 15.6 Å². The van der Waals surface area contributed by atoms with Gasteiger partial charge in [0.1, 0.15) is 5.82 Å². The van der Waals surface area contributed by atoms with E-state index in [1.165, 1.54) is 6.07 Å². The summed E-state index contributed by atoms with van der Waals surface area (Å²) in [6.07, 6.45) is 3.87. The Balaban J connectivity index is 0.00000280. The van der Waals surface area contributed by atoms with Crippen LogP contribution in [0.5, 0.6) is 5.88 Å². The molecule has 0 bridgehead atoms. The molecule has 0 saturated heterocycles. The van der Waals surface area contributed by atoms with Crippen LogP contribution in [-0.4, -0.2) is 30.6 Å². The van der Waals surface area contributed by atoms with Gasteiger partial charge in [-0.15, -0.1) is 24.0 Å². The van der Waals surface area contributed by atoms with E-state index >= 15 is 0 Å². The molecule has 3 rings (SSSR count). The van der Waals surface area contributed by atoms with Crippen molar-refractivity contribution in [1.29, 1.82) is 0 Å². The minimum atomic E-state index is -0.130. The van der Waals surface area contributed by atoms with Gasteiger partial charge in [-0.2, -0.15) is 0 Å². The molecule has 1 saturated carbocycles. The number of hydrogen-bond acceptors (Lipinski definition) is 3. The Labute approximate surface area is 183 Å². The number of benzene rings is 1. The largest absolute Gasteiger partial charge is 0.475 e. The van der Waals surface area contributed by atoms with Gasteiger partial charge in [-0.3, -0.25) is 4.99 Å². The average Bonchev–Trinajstić information content (AvgIpc) is 3.44. The number of nitrogens with one attached hydrogen (secondary N) is 2. The molecule has 0 spiro atoms. The van der Waals surface area contributed by atoms with Crippen molar-refractivity contribution < 1.29 is 9.13 Å². The zero-order valence-corrected chi connectivity index (χ0v) is 18.9. The van der Waals surface area contributed by atoms with Gasteiger partial charge in [0.15, 0.2) is 5.96 Å². The second-order valence-electron chi connectivity index (χ2n) is 7.21. The first-order chi connectivity index (χ1) is 13.0. The van der Waals surface area contributed by atoms with E-state index in [4.69, 9.17) is 4.74 Å². The van der Waals surface area contributed by atoms with E-state index < -0.39 is 0 Å². The molecule has 5 nitrogen and oxygen atoms in total. The molecule has 1 aromatic carbocycles. The Kier molecular flexibility index (Phi) is 8.03. The molecule has 1 aromatic heterocycles. The highest BCUT2D eigenvalue weighted by atomic mass is 127. The van der Waals surface area contributed by atoms with Gasteiger partial charge in [0.25, 0.3) is 0 Å². The predicted molar refractivity (Wildman–Crippen MR) is 121 cm³/mol. The van der Waals surface area contributed by atoms with Crippen LogP contribution in [0.15, 0.2) is 47.6 Å². The van der Waals surface area contributed by atoms with Crippen molar-refractivity contribution in [3.63, 3.8) is 0 Å². The molecule has 1 aliphatic carbocycles. The molecule has 28 heavy (non-hydrogen) atoms. The maximum Gasteiger partial charge on any atom is 0.213 e. The van der Waals surface area contributed by atoms with Gasteiger partial charge in [-0.1, -0.05) is 24.3 Å². The SMILES string of the molecule is CN=C(NCc1ccc(OC(C)C)nc1)NCC1(c2ccccc2F)CC1.I. The Morgan fingerprint density at radius 3 is 2.54 bits per heavy atom. The average molecular weight is 498 g/mol. The summed E-state index contributed by atoms with van der Waals surface area (Å²) in [4.78, 5) is 8.57. The number of halogens is 2. The smallest absolute Gasteiger partial charge is 0.213 e. The molecule has 2 N–H and O–H groups in total. The third-order valence-corrected chi connectivity index (χ3v) is 4.73. The Bertz CT molecular complexity index is 791. The second-order valence-corrected chi connectivity index (χ2v) is 7.21. The highest BCUT2D eigenvalue weighted by Crippen LogP contribution is 2.48. The van der Waals surface area contributed by atoms with E-state index in [1.54, 1.807) is 19.3 Å². The molecule has 0 atom stereocenters. The lowest BCUT2D eigenvalue weighted by molar-refractivity contribution is 0.232. The third-order valence-electron chi connectivity index (χ3n) is 4.73. The molecule has 0 amide bonds. The minimum absolute atomic E-state index is 0. The summed E-state index contributed by atoms with van der Waals surface area (Å²) < 4.78 is 19.7. The van der Waals surface area contributed by atoms with Crippen molar-refractivity contribution in [2.75, 3.05) is 13.6 Å². The molecule has 1 heterocycles. The van der Waals surface area contributed by atoms with Crippen molar-refractivity contribution >= 4 is 29.9 Å². The van der Waals surface area contributed by atoms with Crippen molar-refractivity contribution in [2.45, 2.75) is 44.8 Å². The molecule has 7 heteroatoms. The molecule has 0 aliphatic heterocycles. The normalized spacial score (nSPS) is 15.0. The molecule has 1 aliphatic rings. The summed E-state index contributed by atoms with van der Waals surface area (Å²) in [5.41, 5.74) is 1.70. The third kappa shape index (κ3) is 5.80. The Morgan fingerprint density at radius 1 is 1.21 bits per heavy atom. The highest BCUT2D eigenvalue weighted by Gasteiger charge is 2.45. The number of ether oxygens (including phenoxy) is 1. The first kappa shape index (κ1) is 22.4. The van der Waals surface area contributed by atoms with E-state index in [1.807, 2.05) is 38.1 Å². The van der Waals surface area contributed by atoms with Gasteiger partial charge in [0.05, 0.1) is 6.10 Å². The fourth-order valence-corrected chi connectivity index (χ4v) is 3.07. The minimum Gasteiger partial charge on any atom is -0.475 e. The first-order valence-electron chi connectivity index (χ1n) is 9.33. The van der Waals surface area contributed by atoms with Gasteiger partial charge in [0, 0.05) is 37.8 Å². The number of nitrogens with zero attached hydrogens (tertiary/aromatic N) is 2. The summed E-state index contributed by atoms with van der Waals surface area (Å²) in [7, 11) is 1.73. The maximum absolute atomic E-state index is 14.1. The second kappa shape index (κ2) is 10.0. The lowest BCUT2D eigenvalue weighted by Crippen LogP contribution is -2.41. The number of guanidine groups is 1. The van der Waals surface area contributed by atoms with E-state index in [0.29, 0.717) is 24.9 Å². The van der Waals surface area contributed by atoms with Crippen LogP contribution in [0.1, 0.15) is 37.8 Å². The van der Waals surface area contributed by atoms with Crippen molar-refractivity contribution in [2.24, 2.45) is 4.99 Å². The molecular weight excluding hydrogens is 470 g/mol. The van der Waals surface area contributed by atoms with Gasteiger partial charge in [0.2, 0.25) is 5.88 Å². The van der Waals surface area contributed by atoms with Crippen LogP contribution in [0, 0.1) is 5.82 Å². The maximum atomic E-state index is 14.1. The predicted octanol–water partition coefficient (Wildman–Crippen LogP) is 4.02. The van der Waals surface area contributed by atoms with Gasteiger partial charge in [-0.25, -0.2) is 9.37 Å². The number of aromatic nitrogens is 1. The van der Waals surface area contributed by atoms with E-state index in [2.05, 4.69) is 20.6 Å². The van der Waals surface area contributed by atoms with Gasteiger partial charge < -0.3 is 15.4 Å². The van der Waals surface area contributed by atoms with Crippen LogP contribution in [0.25, 0.3) is 0 Å². The summed E-state index contributed by atoms with van der Waals surface area (Å²) in [5.74, 6) is 1.19. The molecule has 0 unspecified atom stereocenters. The van der Waals surface area contributed by atoms with Crippen LogP contribution in [0.2, 0.25) is 0 Å². The number of hydrogen-bond donors (Lipinski definition) is 2. The van der Waals surface area contributed by atoms with Crippen molar-refractivity contribution in [3.8, 4) is 5.88 Å². The quantitative estimate of drug-likeness (QED) is 0.344. The van der Waals surface area contributed by atoms with Crippen LogP contribution >= 0.6 is 24.0 Å². The standard InChI is InChI=1S/C21H27FN4O.HI/c1-15(2)27-19-9-8-16(12-24-19)13-25-20(23-3)26-14-21(10-11-21)17-6-4-5-7-18(17)22;/h4-9,12,15H,10-11,13-14H2,1-3H3,(H2,23,25,26);1H. The van der Waals surface area contributed by atoms with E-state index in [-0.39, 0.29) is 41.3 Å². The molecule has 152 valence electrons. The molecule has 0 radical (unpaired) electrons. The molecular formula is C21H28FIN4O. The fraction of sp³-hybridized carbons (Fsp3) is 0.429. The topological polar surface area (TPSA) is 58.5 Å². The van der Waals surface area contributed by atoms with E-state index in [9.17, 15) is 4.39 Å². The van der Waals surface area contributed by atoms with Gasteiger partial charge >= 0.3 is 0 Å². The Hall–Kier alpha value is -1.90. The summed E-state index contributed by atoms with van der Waals surface area (Å²) in [5, 5.41) is 6.61. The zero-order chi connectivity index (χ0) is 19.3. The van der Waals surface area contributed by atoms with E-state index in [0.717, 1.165) is 24.0 Å². The van der Waals surface area contributed by atoms with Crippen LogP contribution in [0.4, 0.5) is 4.39 Å². The lowest BCUT2D eigenvalue weighted by atomic mass is 9.95. The molecule has 2 aromatic rings. The number of rotatable bonds is 7. The summed E-state index contributed by atoms with van der Waals surface area (Å²) in [6.45, 7) is 5.20. The van der Waals surface area contributed by atoms with Crippen LogP contribution < -0.4 is 15.4 Å². The summed E-state index contributed by atoms with van der Waals surface area (Å²) >= 11 is 0. The zero-order valence-electron chi connectivity index (χ0n) is 16.5. The van der Waals surface area contributed by atoms with Crippen LogP contribution in [-0.2, 0) is 12.0 Å². The lowest BCUT2D eigenvalue weighted by Gasteiger charge is -2.19. The number of pyridine rings is 1. The fourth-order valence-electron chi connectivity index (χ4n) is 3.07. The monoisotopic (exact) mass is 498 g/mol. The molecule has 1 fully saturated rings. The highest BCUT2D eigenvalue weighted by molar-refractivity contribution is 14.0. The number of aliphatic imine (C=N–C) groups is 1. The Morgan fingerprint density at radius 2 is 1.96 bits per heavy atom. The first-order valence-corrected chi connectivity index (χ1v) is 9.33.